The van der Waals surface area contributed by atoms with Gasteiger partial charge in [-0.1, -0.05) is 0 Å². The van der Waals surface area contributed by atoms with Crippen molar-refractivity contribution >= 4 is 40.5 Å². The molecule has 0 atom stereocenters. The molecule has 1 aromatic carbocycles. The molecule has 3 amide bonds. The first-order valence-corrected chi connectivity index (χ1v) is 10.7. The van der Waals surface area contributed by atoms with Crippen molar-refractivity contribution < 1.29 is 27.9 Å². The summed E-state index contributed by atoms with van der Waals surface area (Å²) in [4.78, 5) is 34.0. The zero-order valence-electron chi connectivity index (χ0n) is 19.3. The van der Waals surface area contributed by atoms with E-state index in [0.717, 1.165) is 30.6 Å². The molecule has 4 rings (SSSR count). The Morgan fingerprint density at radius 2 is 1.89 bits per heavy atom. The molecule has 10 nitrogen and oxygen atoms in total. The number of imide groups is 1. The van der Waals surface area contributed by atoms with Gasteiger partial charge in [-0.05, 0) is 32.2 Å². The number of nitrogens with zero attached hydrogens (tertiary/aromatic N) is 6. The summed E-state index contributed by atoms with van der Waals surface area (Å²) in [6.07, 6.45) is -3.32. The predicted molar refractivity (Wildman–Crippen MR) is 124 cm³/mol. The van der Waals surface area contributed by atoms with E-state index >= 15 is 0 Å². The molecular formula is C22H24F3N7O3. The third kappa shape index (κ3) is 4.58. The van der Waals surface area contributed by atoms with Gasteiger partial charge in [-0.3, -0.25) is 9.48 Å². The van der Waals surface area contributed by atoms with Crippen LogP contribution in [0.25, 0.3) is 11.0 Å². The minimum absolute atomic E-state index is 0.110. The average molecular weight is 491 g/mol. The van der Waals surface area contributed by atoms with Crippen LogP contribution in [0.5, 0.6) is 5.75 Å². The van der Waals surface area contributed by atoms with E-state index in [0.29, 0.717) is 46.8 Å². The molecule has 35 heavy (non-hydrogen) atoms. The molecule has 0 spiro atoms. The van der Waals surface area contributed by atoms with E-state index in [4.69, 9.17) is 0 Å². The molecular weight excluding hydrogens is 467 g/mol. The fourth-order valence-corrected chi connectivity index (χ4v) is 4.15. The lowest BCUT2D eigenvalue weighted by molar-refractivity contribution is -0.138. The summed E-state index contributed by atoms with van der Waals surface area (Å²) in [6, 6.07) is 1.39. The van der Waals surface area contributed by atoms with E-state index in [1.54, 1.807) is 11.7 Å². The number of aromatic nitrogens is 3. The Bertz CT molecular complexity index is 1280. The number of benzene rings is 1. The van der Waals surface area contributed by atoms with Gasteiger partial charge in [0.1, 0.15) is 5.75 Å². The van der Waals surface area contributed by atoms with Crippen molar-refractivity contribution in [3.63, 3.8) is 0 Å². The second-order valence-electron chi connectivity index (χ2n) is 8.32. The number of hydrogen-bond acceptors (Lipinski definition) is 7. The number of piperazine rings is 1. The maximum atomic E-state index is 13.2. The highest BCUT2D eigenvalue weighted by molar-refractivity contribution is 6.14. The highest BCUT2D eigenvalue weighted by Crippen LogP contribution is 2.39. The van der Waals surface area contributed by atoms with E-state index in [9.17, 15) is 27.9 Å². The van der Waals surface area contributed by atoms with Gasteiger partial charge in [0, 0.05) is 33.2 Å². The molecule has 3 aromatic rings. The number of amides is 3. The quantitative estimate of drug-likeness (QED) is 0.541. The van der Waals surface area contributed by atoms with Crippen LogP contribution in [0.15, 0.2) is 24.4 Å². The first-order chi connectivity index (χ1) is 16.5. The molecule has 1 saturated heterocycles. The van der Waals surface area contributed by atoms with Crippen molar-refractivity contribution in [1.82, 2.24) is 19.7 Å². The minimum Gasteiger partial charge on any atom is -0.507 e. The number of carbonyl (C=O) groups is 2. The summed E-state index contributed by atoms with van der Waals surface area (Å²) in [7, 11) is 3.76. The molecule has 1 aliphatic rings. The highest BCUT2D eigenvalue weighted by Gasteiger charge is 2.35. The zero-order chi connectivity index (χ0) is 25.5. The number of alkyl halides is 3. The first-order valence-electron chi connectivity index (χ1n) is 10.7. The van der Waals surface area contributed by atoms with Gasteiger partial charge in [0.2, 0.25) is 6.41 Å². The maximum absolute atomic E-state index is 13.2. The van der Waals surface area contributed by atoms with E-state index < -0.39 is 23.5 Å². The Morgan fingerprint density at radius 1 is 1.20 bits per heavy atom. The Labute approximate surface area is 198 Å². The number of fused-ring (bicyclic) bond motifs is 1. The summed E-state index contributed by atoms with van der Waals surface area (Å²) in [5, 5.41) is 17.4. The van der Waals surface area contributed by atoms with Gasteiger partial charge in [0.15, 0.2) is 5.65 Å². The van der Waals surface area contributed by atoms with Crippen LogP contribution in [0, 0.1) is 6.92 Å². The van der Waals surface area contributed by atoms with Crippen molar-refractivity contribution in [1.29, 1.82) is 0 Å². The van der Waals surface area contributed by atoms with Crippen LogP contribution in [-0.2, 0) is 18.0 Å². The number of anilines is 3. The zero-order valence-corrected chi connectivity index (χ0v) is 19.3. The molecule has 2 N–H and O–H groups in total. The largest absolute Gasteiger partial charge is 0.507 e. The Morgan fingerprint density at radius 3 is 2.51 bits per heavy atom. The molecule has 186 valence electrons. The Balaban J connectivity index is 1.73. The number of hydrogen-bond donors (Lipinski definition) is 2. The van der Waals surface area contributed by atoms with E-state index in [1.807, 2.05) is 14.0 Å². The van der Waals surface area contributed by atoms with Gasteiger partial charge < -0.3 is 20.2 Å². The standard InChI is InChI=1S/C22H24F3N7O3/c1-13-18-19(31-8-6-29(2)7-9-31)16(11-26-20(18)30(3)28-13)27-21(35)32(12-33)14-4-5-17(34)15(10-14)22(23,24)25/h4-5,10-12,34H,6-9H2,1-3H3,(H,27,35). The molecule has 1 aliphatic heterocycles. The van der Waals surface area contributed by atoms with Gasteiger partial charge in [-0.15, -0.1) is 0 Å². The molecule has 0 saturated carbocycles. The number of urea groups is 1. The Hall–Kier alpha value is -3.87. The monoisotopic (exact) mass is 491 g/mol. The van der Waals surface area contributed by atoms with Crippen molar-refractivity contribution in [2.24, 2.45) is 7.05 Å². The average Bonchev–Trinajstić information content (AvgIpc) is 3.08. The van der Waals surface area contributed by atoms with Gasteiger partial charge in [0.25, 0.3) is 0 Å². The number of carbonyl (C=O) groups excluding carboxylic acids is 2. The molecule has 1 fully saturated rings. The third-order valence-corrected chi connectivity index (χ3v) is 5.95. The van der Waals surface area contributed by atoms with Crippen molar-refractivity contribution in [3.05, 3.63) is 35.7 Å². The molecule has 0 bridgehead atoms. The van der Waals surface area contributed by atoms with Crippen LogP contribution in [-0.4, -0.2) is 70.4 Å². The summed E-state index contributed by atoms with van der Waals surface area (Å²) < 4.78 is 41.3. The number of rotatable bonds is 4. The van der Waals surface area contributed by atoms with Crippen LogP contribution in [0.3, 0.4) is 0 Å². The first kappa shape index (κ1) is 24.3. The number of aromatic hydroxyl groups is 1. The third-order valence-electron chi connectivity index (χ3n) is 5.95. The van der Waals surface area contributed by atoms with Crippen LogP contribution in [0.2, 0.25) is 0 Å². The van der Waals surface area contributed by atoms with Crippen LogP contribution >= 0.6 is 0 Å². The molecule has 13 heteroatoms. The second kappa shape index (κ2) is 9.06. The predicted octanol–water partition coefficient (Wildman–Crippen LogP) is 2.95. The van der Waals surface area contributed by atoms with Crippen LogP contribution in [0.1, 0.15) is 11.3 Å². The molecule has 2 aromatic heterocycles. The summed E-state index contributed by atoms with van der Waals surface area (Å²) >= 11 is 0. The lowest BCUT2D eigenvalue weighted by Crippen LogP contribution is -2.45. The van der Waals surface area contributed by atoms with Crippen molar-refractivity contribution in [3.8, 4) is 5.75 Å². The van der Waals surface area contributed by atoms with E-state index in [2.05, 4.69) is 25.2 Å². The van der Waals surface area contributed by atoms with Crippen molar-refractivity contribution in [2.45, 2.75) is 13.1 Å². The smallest absolute Gasteiger partial charge is 0.420 e. The number of likely N-dealkylation sites (N-methyl/N-ethyl adjacent to an activating group) is 1. The normalized spacial score (nSPS) is 14.9. The van der Waals surface area contributed by atoms with Crippen LogP contribution < -0.4 is 15.1 Å². The molecule has 3 heterocycles. The lowest BCUT2D eigenvalue weighted by atomic mass is 10.1. The minimum atomic E-state index is -4.87. The van der Waals surface area contributed by atoms with Crippen molar-refractivity contribution in [2.75, 3.05) is 48.3 Å². The number of phenolic OH excluding ortho intramolecular Hbond substituents is 1. The summed E-state index contributed by atoms with van der Waals surface area (Å²) in [5.74, 6) is -1.01. The fraction of sp³-hybridized carbons (Fsp3) is 0.364. The fourth-order valence-electron chi connectivity index (χ4n) is 4.15. The van der Waals surface area contributed by atoms with Gasteiger partial charge in [-0.25, -0.2) is 14.7 Å². The summed E-state index contributed by atoms with van der Waals surface area (Å²) in [5.41, 5.74) is 0.562. The lowest BCUT2D eigenvalue weighted by Gasteiger charge is -2.35. The maximum Gasteiger partial charge on any atom is 0.420 e. The number of nitrogens with one attached hydrogen (secondary N) is 1. The number of halogens is 3. The molecule has 0 radical (unpaired) electrons. The topological polar surface area (TPSA) is 107 Å². The number of aryl methyl sites for hydroxylation is 2. The molecule has 0 unspecified atom stereocenters. The second-order valence-corrected chi connectivity index (χ2v) is 8.32. The highest BCUT2D eigenvalue weighted by atomic mass is 19.4. The van der Waals surface area contributed by atoms with E-state index in [1.165, 1.54) is 6.20 Å². The SMILES string of the molecule is Cc1nn(C)c2ncc(NC(=O)N(C=O)c3ccc(O)c(C(F)(F)F)c3)c(N3CCN(C)CC3)c12. The molecule has 0 aliphatic carbocycles. The number of phenols is 1. The Kier molecular flexibility index (Phi) is 6.28. The van der Waals surface area contributed by atoms with Crippen LogP contribution in [0.4, 0.5) is 35.0 Å². The van der Waals surface area contributed by atoms with Gasteiger partial charge in [-0.2, -0.15) is 18.3 Å². The van der Waals surface area contributed by atoms with Gasteiger partial charge >= 0.3 is 12.2 Å². The van der Waals surface area contributed by atoms with E-state index in [-0.39, 0.29) is 12.1 Å². The van der Waals surface area contributed by atoms with Gasteiger partial charge in [0.05, 0.1) is 39.9 Å². The summed E-state index contributed by atoms with van der Waals surface area (Å²) in [6.45, 7) is 4.71. The number of pyridine rings is 1.